The van der Waals surface area contributed by atoms with Gasteiger partial charge in [-0.1, -0.05) is 6.92 Å². The molecule has 2 rings (SSSR count). The van der Waals surface area contributed by atoms with Gasteiger partial charge in [-0.25, -0.2) is 9.98 Å². The molecule has 2 heterocycles. The third-order valence-corrected chi connectivity index (χ3v) is 4.44. The molecule has 0 bridgehead atoms. The number of hydrogen-bond donors (Lipinski definition) is 2. The molecule has 0 aromatic carbocycles. The number of aromatic nitrogens is 2. The van der Waals surface area contributed by atoms with Crippen LogP contribution in [0, 0.1) is 0 Å². The average molecular weight is 447 g/mol. The van der Waals surface area contributed by atoms with Gasteiger partial charge in [0, 0.05) is 50.0 Å². The van der Waals surface area contributed by atoms with E-state index < -0.39 is 0 Å². The van der Waals surface area contributed by atoms with E-state index in [2.05, 4.69) is 46.7 Å². The first-order valence-electron chi connectivity index (χ1n) is 7.77. The van der Waals surface area contributed by atoms with Crippen molar-refractivity contribution in [3.63, 3.8) is 0 Å². The normalized spacial score (nSPS) is 11.2. The van der Waals surface area contributed by atoms with Gasteiger partial charge in [0.25, 0.3) is 0 Å². The van der Waals surface area contributed by atoms with Crippen molar-refractivity contribution in [1.82, 2.24) is 20.2 Å². The summed E-state index contributed by atoms with van der Waals surface area (Å²) in [6.45, 7) is 6.63. The summed E-state index contributed by atoms with van der Waals surface area (Å²) in [5.41, 5.74) is 1.22. The second-order valence-electron chi connectivity index (χ2n) is 5.13. The van der Waals surface area contributed by atoms with Crippen LogP contribution in [0.5, 0.6) is 0 Å². The molecule has 0 aliphatic carbocycles. The highest BCUT2D eigenvalue weighted by Gasteiger charge is 2.02. The van der Waals surface area contributed by atoms with Gasteiger partial charge in [-0.15, -0.1) is 35.3 Å². The van der Waals surface area contributed by atoms with Gasteiger partial charge in [0.05, 0.1) is 11.6 Å². The van der Waals surface area contributed by atoms with Crippen LogP contribution in [0.15, 0.2) is 29.6 Å². The average Bonchev–Trinajstić information content (AvgIpc) is 3.13. The van der Waals surface area contributed by atoms with Crippen LogP contribution in [0.3, 0.4) is 0 Å². The molecule has 0 aliphatic heterocycles. The number of hydrogen-bond acceptors (Lipinski definition) is 3. The molecule has 0 amide bonds. The van der Waals surface area contributed by atoms with Gasteiger partial charge in [-0.2, -0.15) is 0 Å². The molecule has 2 aromatic heterocycles. The Morgan fingerprint density at radius 3 is 2.78 bits per heavy atom. The Morgan fingerprint density at radius 1 is 1.35 bits per heavy atom. The van der Waals surface area contributed by atoms with E-state index in [1.54, 1.807) is 11.3 Å². The summed E-state index contributed by atoms with van der Waals surface area (Å²) in [5, 5.41) is 7.83. The van der Waals surface area contributed by atoms with Crippen molar-refractivity contribution in [1.29, 1.82) is 0 Å². The van der Waals surface area contributed by atoms with E-state index in [4.69, 9.17) is 0 Å². The number of thiazole rings is 1. The second kappa shape index (κ2) is 10.6. The van der Waals surface area contributed by atoms with Gasteiger partial charge in [-0.05, 0) is 25.0 Å². The van der Waals surface area contributed by atoms with E-state index >= 15 is 0 Å². The van der Waals surface area contributed by atoms with Crippen molar-refractivity contribution in [3.05, 3.63) is 40.1 Å². The minimum Gasteiger partial charge on any atom is -0.357 e. The van der Waals surface area contributed by atoms with Gasteiger partial charge in [0.2, 0.25) is 0 Å². The molecule has 7 heteroatoms. The SMILES string of the molecule is CCNC(=NCc1ccn(C)c1)NCCc1ncc(CC)s1.I. The summed E-state index contributed by atoms with van der Waals surface area (Å²) in [5.74, 6) is 0.860. The van der Waals surface area contributed by atoms with E-state index in [0.717, 1.165) is 31.9 Å². The molecule has 0 unspecified atom stereocenters. The molecule has 23 heavy (non-hydrogen) atoms. The lowest BCUT2D eigenvalue weighted by Crippen LogP contribution is -2.38. The van der Waals surface area contributed by atoms with Crippen molar-refractivity contribution in [2.45, 2.75) is 33.2 Å². The van der Waals surface area contributed by atoms with Crippen LogP contribution in [-0.4, -0.2) is 28.6 Å². The minimum absolute atomic E-state index is 0. The van der Waals surface area contributed by atoms with Gasteiger partial charge in [0.1, 0.15) is 0 Å². The third kappa shape index (κ3) is 6.90. The zero-order chi connectivity index (χ0) is 15.8. The van der Waals surface area contributed by atoms with Crippen LogP contribution in [0.4, 0.5) is 0 Å². The summed E-state index contributed by atoms with van der Waals surface area (Å²) >= 11 is 1.80. The summed E-state index contributed by atoms with van der Waals surface area (Å²) in [4.78, 5) is 10.4. The van der Waals surface area contributed by atoms with E-state index in [-0.39, 0.29) is 24.0 Å². The Bertz CT molecular complexity index is 605. The molecular weight excluding hydrogens is 421 g/mol. The van der Waals surface area contributed by atoms with E-state index in [1.807, 2.05) is 24.0 Å². The van der Waals surface area contributed by atoms with Crippen LogP contribution >= 0.6 is 35.3 Å². The fourth-order valence-corrected chi connectivity index (χ4v) is 2.94. The Kier molecular flexibility index (Phi) is 9.23. The molecule has 128 valence electrons. The minimum atomic E-state index is 0. The third-order valence-electron chi connectivity index (χ3n) is 3.24. The Hall–Kier alpha value is -1.09. The van der Waals surface area contributed by atoms with Crippen LogP contribution in [0.1, 0.15) is 29.3 Å². The van der Waals surface area contributed by atoms with E-state index in [9.17, 15) is 0 Å². The first-order valence-corrected chi connectivity index (χ1v) is 8.59. The zero-order valence-electron chi connectivity index (χ0n) is 14.0. The van der Waals surface area contributed by atoms with Crippen molar-refractivity contribution < 1.29 is 0 Å². The van der Waals surface area contributed by atoms with Gasteiger partial charge < -0.3 is 15.2 Å². The van der Waals surface area contributed by atoms with Crippen molar-refractivity contribution in [2.75, 3.05) is 13.1 Å². The summed E-state index contributed by atoms with van der Waals surface area (Å²) in [6.07, 6.45) is 8.11. The van der Waals surface area contributed by atoms with E-state index in [1.165, 1.54) is 15.4 Å². The van der Waals surface area contributed by atoms with Crippen molar-refractivity contribution in [2.24, 2.45) is 12.0 Å². The quantitative estimate of drug-likeness (QED) is 0.390. The van der Waals surface area contributed by atoms with Gasteiger partial charge in [0.15, 0.2) is 5.96 Å². The predicted molar refractivity (Wildman–Crippen MR) is 109 cm³/mol. The van der Waals surface area contributed by atoms with Gasteiger partial charge in [-0.3, -0.25) is 0 Å². The molecule has 0 aliphatic rings. The highest BCUT2D eigenvalue weighted by Crippen LogP contribution is 2.13. The lowest BCUT2D eigenvalue weighted by atomic mass is 10.3. The lowest BCUT2D eigenvalue weighted by Gasteiger charge is -2.10. The number of halogens is 1. The number of aliphatic imine (C=N–C) groups is 1. The first kappa shape index (κ1) is 20.0. The number of rotatable bonds is 7. The second-order valence-corrected chi connectivity index (χ2v) is 6.33. The maximum absolute atomic E-state index is 4.61. The molecule has 0 spiro atoms. The number of nitrogens with one attached hydrogen (secondary N) is 2. The molecular formula is C16H26IN5S. The fraction of sp³-hybridized carbons (Fsp3) is 0.500. The molecule has 5 nitrogen and oxygen atoms in total. The fourth-order valence-electron chi connectivity index (χ4n) is 2.08. The molecule has 0 saturated carbocycles. The molecule has 2 aromatic rings. The summed E-state index contributed by atoms with van der Waals surface area (Å²) < 4.78 is 2.04. The summed E-state index contributed by atoms with van der Waals surface area (Å²) in [6, 6.07) is 2.09. The standard InChI is InChI=1S/C16H25N5S.HI/c1-4-14-11-19-15(22-14)6-8-18-16(17-5-2)20-10-13-7-9-21(3)12-13;/h7,9,11-12H,4-6,8,10H2,1-3H3,(H2,17,18,20);1H. The smallest absolute Gasteiger partial charge is 0.191 e. The Labute approximate surface area is 159 Å². The van der Waals surface area contributed by atoms with Crippen LogP contribution in [0.2, 0.25) is 0 Å². The number of aryl methyl sites for hydroxylation is 2. The molecule has 0 fully saturated rings. The Balaban J connectivity index is 0.00000264. The predicted octanol–water partition coefficient (Wildman–Crippen LogP) is 2.96. The van der Waals surface area contributed by atoms with Crippen LogP contribution in [0.25, 0.3) is 0 Å². The maximum atomic E-state index is 4.61. The Morgan fingerprint density at radius 2 is 2.17 bits per heavy atom. The zero-order valence-corrected chi connectivity index (χ0v) is 17.1. The number of guanidine groups is 1. The van der Waals surface area contributed by atoms with Crippen LogP contribution < -0.4 is 10.6 Å². The van der Waals surface area contributed by atoms with Crippen LogP contribution in [-0.2, 0) is 26.4 Å². The van der Waals surface area contributed by atoms with E-state index in [0.29, 0.717) is 6.54 Å². The molecule has 0 atom stereocenters. The highest BCUT2D eigenvalue weighted by atomic mass is 127. The molecule has 0 saturated heterocycles. The highest BCUT2D eigenvalue weighted by molar-refractivity contribution is 14.0. The largest absolute Gasteiger partial charge is 0.357 e. The summed E-state index contributed by atoms with van der Waals surface area (Å²) in [7, 11) is 2.02. The lowest BCUT2D eigenvalue weighted by molar-refractivity contribution is 0.796. The monoisotopic (exact) mass is 447 g/mol. The van der Waals surface area contributed by atoms with Crippen molar-refractivity contribution >= 4 is 41.3 Å². The topological polar surface area (TPSA) is 54.2 Å². The number of nitrogens with zero attached hydrogens (tertiary/aromatic N) is 3. The molecule has 0 radical (unpaired) electrons. The van der Waals surface area contributed by atoms with Gasteiger partial charge >= 0.3 is 0 Å². The van der Waals surface area contributed by atoms with Crippen molar-refractivity contribution in [3.8, 4) is 0 Å². The molecule has 2 N–H and O–H groups in total. The first-order chi connectivity index (χ1) is 10.7. The maximum Gasteiger partial charge on any atom is 0.191 e.